The molecule has 0 unspecified atom stereocenters. The number of amidine groups is 1. The predicted octanol–water partition coefficient (Wildman–Crippen LogP) is 7.31. The minimum atomic E-state index is -1.44. The number of aliphatic imine (C=N–C) groups is 2. The van der Waals surface area contributed by atoms with E-state index in [1.807, 2.05) is 20.8 Å². The number of ether oxygens (including phenoxy) is 1. The zero-order valence-electron chi connectivity index (χ0n) is 30.9. The van der Waals surface area contributed by atoms with Crippen molar-refractivity contribution in [2.24, 2.45) is 21.5 Å². The number of nitrogens with zero attached hydrogens (tertiary/aromatic N) is 5. The number of methoxy groups -OCH3 is 1. The first-order chi connectivity index (χ1) is 26.9. The van der Waals surface area contributed by atoms with Gasteiger partial charge in [0.2, 0.25) is 11.9 Å². The lowest BCUT2D eigenvalue weighted by Gasteiger charge is -2.17. The van der Waals surface area contributed by atoms with Crippen molar-refractivity contribution in [2.45, 2.75) is 59.3 Å². The van der Waals surface area contributed by atoms with Gasteiger partial charge in [0.1, 0.15) is 22.4 Å². The molecule has 0 radical (unpaired) electrons. The van der Waals surface area contributed by atoms with Crippen LogP contribution in [0.25, 0.3) is 5.57 Å². The average molecular weight is 799 g/mol. The van der Waals surface area contributed by atoms with E-state index in [-0.39, 0.29) is 24.4 Å². The number of nitrogens with one attached hydrogen (secondary N) is 3. The molecule has 1 aliphatic heterocycles. The molecule has 6 rings (SSSR count). The lowest BCUT2D eigenvalue weighted by molar-refractivity contribution is -0.116. The van der Waals surface area contributed by atoms with Gasteiger partial charge in [-0.25, -0.2) is 22.0 Å². The molecule has 0 atom stereocenters. The highest BCUT2D eigenvalue weighted by atomic mass is 35.5. The first-order valence-corrected chi connectivity index (χ1v) is 17.7. The van der Waals surface area contributed by atoms with Crippen LogP contribution < -0.4 is 26.8 Å². The predicted molar refractivity (Wildman–Crippen MR) is 205 cm³/mol. The molecule has 12 nitrogen and oxygen atoms in total. The average Bonchev–Trinajstić information content (AvgIpc) is 3.94. The number of benzene rings is 2. The highest BCUT2D eigenvalue weighted by Crippen LogP contribution is 2.33. The summed E-state index contributed by atoms with van der Waals surface area (Å²) in [6.45, 7) is 5.91. The molecule has 296 valence electrons. The number of amides is 1. The topological polar surface area (TPSA) is 182 Å². The molecule has 4 aromatic rings. The van der Waals surface area contributed by atoms with Crippen LogP contribution in [0.3, 0.4) is 0 Å². The van der Waals surface area contributed by atoms with Crippen molar-refractivity contribution in [3.8, 4) is 5.75 Å². The first kappa shape index (κ1) is 42.6. The van der Waals surface area contributed by atoms with Crippen LogP contribution in [0.1, 0.15) is 67.5 Å². The highest BCUT2D eigenvalue weighted by Gasteiger charge is 2.23. The molecular formula is C38H40ClF5N10O2. The van der Waals surface area contributed by atoms with Crippen molar-refractivity contribution in [1.29, 1.82) is 0 Å². The number of hydrogen-bond donors (Lipinski definition) is 5. The SMILES string of the molecule is CC.COc1c(NC(=O)CCc2cc(F)c(Cl)c(F)c2)n[nH]c1C(/C=C\N)=C/N.Cc1cnncc1C1=NC(NC(CCc2cc(F)c(F)c(F)c2)=C2CC2)=N1. The Morgan fingerprint density at radius 3 is 2.05 bits per heavy atom. The van der Waals surface area contributed by atoms with E-state index in [1.165, 1.54) is 31.2 Å². The van der Waals surface area contributed by atoms with Crippen LogP contribution in [0.2, 0.25) is 5.02 Å². The quantitative estimate of drug-likeness (QED) is 0.0562. The Kier molecular flexibility index (Phi) is 15.2. The Bertz CT molecular complexity index is 2170. The molecule has 0 spiro atoms. The fourth-order valence-electron chi connectivity index (χ4n) is 5.19. The second-order valence-corrected chi connectivity index (χ2v) is 12.3. The van der Waals surface area contributed by atoms with E-state index < -0.39 is 40.0 Å². The van der Waals surface area contributed by atoms with Gasteiger partial charge in [-0.05, 0) is 92.3 Å². The highest BCUT2D eigenvalue weighted by molar-refractivity contribution is 6.30. The van der Waals surface area contributed by atoms with E-state index >= 15 is 0 Å². The van der Waals surface area contributed by atoms with E-state index in [0.29, 0.717) is 47.0 Å². The smallest absolute Gasteiger partial charge is 0.231 e. The number of carbonyl (C=O) groups excluding carboxylic acids is 1. The number of carbonyl (C=O) groups is 1. The molecule has 2 aliphatic rings. The van der Waals surface area contributed by atoms with Gasteiger partial charge in [0.05, 0.1) is 19.5 Å². The largest absolute Gasteiger partial charge is 0.491 e. The number of hydrogen-bond acceptors (Lipinski definition) is 10. The van der Waals surface area contributed by atoms with Crippen LogP contribution in [0.5, 0.6) is 5.75 Å². The molecule has 56 heavy (non-hydrogen) atoms. The van der Waals surface area contributed by atoms with E-state index in [2.05, 4.69) is 41.0 Å². The van der Waals surface area contributed by atoms with Crippen LogP contribution >= 0.6 is 11.6 Å². The third-order valence-corrected chi connectivity index (χ3v) is 8.46. The zero-order valence-corrected chi connectivity index (χ0v) is 31.7. The normalized spacial score (nSPS) is 13.0. The van der Waals surface area contributed by atoms with Crippen molar-refractivity contribution < 1.29 is 31.5 Å². The van der Waals surface area contributed by atoms with Gasteiger partial charge in [0, 0.05) is 29.5 Å². The minimum Gasteiger partial charge on any atom is -0.491 e. The Hall–Kier alpha value is -6.10. The summed E-state index contributed by atoms with van der Waals surface area (Å²) in [7, 11) is 1.41. The molecule has 0 bridgehead atoms. The lowest BCUT2D eigenvalue weighted by Crippen LogP contribution is -2.30. The molecule has 1 aliphatic carbocycles. The molecule has 18 heteroatoms. The van der Waals surface area contributed by atoms with Gasteiger partial charge in [-0.15, -0.1) is 0 Å². The van der Waals surface area contributed by atoms with E-state index in [0.717, 1.165) is 53.9 Å². The van der Waals surface area contributed by atoms with Gasteiger partial charge in [0.25, 0.3) is 0 Å². The summed E-state index contributed by atoms with van der Waals surface area (Å²) in [5, 5.41) is 19.5. The van der Waals surface area contributed by atoms with Gasteiger partial charge in [-0.3, -0.25) is 9.89 Å². The Balaban J connectivity index is 0.000000238. The Labute approximate surface area is 324 Å². The summed E-state index contributed by atoms with van der Waals surface area (Å²) < 4.78 is 71.9. The van der Waals surface area contributed by atoms with Gasteiger partial charge >= 0.3 is 0 Å². The molecule has 0 saturated heterocycles. The standard InChI is InChI=1S/C19H16F3N5.C17H18ClF2N5O2.C2H6/c1-10-8-23-24-9-13(10)18-26-19(27-18)25-16(12-3-4-12)5-2-11-6-14(20)17(22)15(21)7-11;1-27-16-15(10(8-22)4-5-21)24-25-17(16)23-13(26)3-2-9-6-11(19)14(18)12(20)7-9;1-2/h6-9H,2-5H2,1H3,(H,25,26,27);4-8H,2-3,21-22H2,1H3,(H2,23,24,25,26);1-2H3/b;5-4-,10-8+;. The fourth-order valence-corrected chi connectivity index (χ4v) is 5.30. The van der Waals surface area contributed by atoms with Crippen molar-refractivity contribution in [3.63, 3.8) is 0 Å². The zero-order chi connectivity index (χ0) is 40.9. The lowest BCUT2D eigenvalue weighted by atomic mass is 10.1. The second kappa shape index (κ2) is 20.0. The molecule has 1 fully saturated rings. The van der Waals surface area contributed by atoms with Crippen LogP contribution in [0, 0.1) is 36.0 Å². The molecule has 7 N–H and O–H groups in total. The number of allylic oxidation sites excluding steroid dienone is 4. The number of H-pyrrole nitrogens is 1. The maximum absolute atomic E-state index is 13.5. The number of aromatic amines is 1. The van der Waals surface area contributed by atoms with Crippen LogP contribution in [0.4, 0.5) is 27.8 Å². The summed E-state index contributed by atoms with van der Waals surface area (Å²) >= 11 is 5.43. The summed E-state index contributed by atoms with van der Waals surface area (Å²) in [5.74, 6) is -4.45. The third kappa shape index (κ3) is 11.0. The molecular weight excluding hydrogens is 759 g/mol. The summed E-state index contributed by atoms with van der Waals surface area (Å²) in [5.41, 5.74) is 16.5. The van der Waals surface area contributed by atoms with Crippen molar-refractivity contribution in [3.05, 3.63) is 128 Å². The minimum absolute atomic E-state index is 0.0336. The van der Waals surface area contributed by atoms with Gasteiger partial charge in [0.15, 0.2) is 34.9 Å². The molecule has 1 amide bonds. The summed E-state index contributed by atoms with van der Waals surface area (Å²) in [6.07, 6.45) is 10.4. The molecule has 1 saturated carbocycles. The van der Waals surface area contributed by atoms with Crippen LogP contribution in [-0.4, -0.2) is 45.2 Å². The van der Waals surface area contributed by atoms with Crippen molar-refractivity contribution in [1.82, 2.24) is 25.7 Å². The number of anilines is 1. The third-order valence-electron chi connectivity index (χ3n) is 8.10. The van der Waals surface area contributed by atoms with Gasteiger partial charge in [-0.2, -0.15) is 25.3 Å². The number of nitrogens with two attached hydrogens (primary N) is 2. The van der Waals surface area contributed by atoms with Crippen molar-refractivity contribution >= 4 is 40.7 Å². The molecule has 2 aromatic carbocycles. The van der Waals surface area contributed by atoms with Gasteiger partial charge < -0.3 is 26.8 Å². The number of halogens is 6. The van der Waals surface area contributed by atoms with Gasteiger partial charge in [-0.1, -0.05) is 31.0 Å². The fraction of sp³-hybridized carbons (Fsp3) is 0.263. The monoisotopic (exact) mass is 798 g/mol. The number of guanidine groups is 1. The van der Waals surface area contributed by atoms with E-state index in [9.17, 15) is 26.7 Å². The van der Waals surface area contributed by atoms with Crippen molar-refractivity contribution in [2.75, 3.05) is 12.4 Å². The van der Waals surface area contributed by atoms with E-state index in [1.54, 1.807) is 12.4 Å². The molecule has 3 heterocycles. The maximum Gasteiger partial charge on any atom is 0.231 e. The van der Waals surface area contributed by atoms with Crippen LogP contribution in [0.15, 0.2) is 76.4 Å². The number of aryl methyl sites for hydroxylation is 3. The second-order valence-electron chi connectivity index (χ2n) is 11.9. The number of rotatable bonds is 12. The molecule has 2 aromatic heterocycles. The van der Waals surface area contributed by atoms with Crippen LogP contribution in [-0.2, 0) is 17.6 Å². The summed E-state index contributed by atoms with van der Waals surface area (Å²) in [4.78, 5) is 20.9. The maximum atomic E-state index is 13.5. The summed E-state index contributed by atoms with van der Waals surface area (Å²) in [6, 6.07) is 4.24. The Morgan fingerprint density at radius 1 is 0.911 bits per heavy atom. The number of aromatic nitrogens is 4. The Morgan fingerprint density at radius 2 is 1.50 bits per heavy atom. The first-order valence-electron chi connectivity index (χ1n) is 17.3. The van der Waals surface area contributed by atoms with E-state index in [4.69, 9.17) is 27.8 Å².